The van der Waals surface area contributed by atoms with Crippen molar-refractivity contribution in [2.75, 3.05) is 19.7 Å². The summed E-state index contributed by atoms with van der Waals surface area (Å²) in [7, 11) is 0. The molecular weight excluding hydrogens is 260 g/mol. The van der Waals surface area contributed by atoms with Gasteiger partial charge in [-0.15, -0.1) is 11.3 Å². The third kappa shape index (κ3) is 2.88. The van der Waals surface area contributed by atoms with Crippen molar-refractivity contribution in [3.05, 3.63) is 39.9 Å². The van der Waals surface area contributed by atoms with Crippen molar-refractivity contribution < 1.29 is 9.26 Å². The second-order valence-electron chi connectivity index (χ2n) is 4.75. The third-order valence-corrected chi connectivity index (χ3v) is 4.43. The lowest BCUT2D eigenvalue weighted by Gasteiger charge is -2.32. The third-order valence-electron chi connectivity index (χ3n) is 3.47. The van der Waals surface area contributed by atoms with Crippen molar-refractivity contribution in [1.82, 2.24) is 10.1 Å². The average Bonchev–Trinajstić information content (AvgIpc) is 3.10. The predicted octanol–water partition coefficient (Wildman–Crippen LogP) is 2.87. The van der Waals surface area contributed by atoms with Crippen molar-refractivity contribution in [2.24, 2.45) is 0 Å². The Kier molecular flexibility index (Phi) is 3.96. The fourth-order valence-electron chi connectivity index (χ4n) is 2.43. The zero-order valence-electron chi connectivity index (χ0n) is 11.0. The fourth-order valence-corrected chi connectivity index (χ4v) is 3.20. The standard InChI is InChI=1S/C14H18N2O2S/c1-2-12-11(10-18-15-12)8-16-5-6-17-13(9-16)14-4-3-7-19-14/h3-4,7,10,13H,2,5-6,8-9H2,1H3/t13-/m0/s1. The van der Waals surface area contributed by atoms with E-state index in [0.717, 1.165) is 38.4 Å². The van der Waals surface area contributed by atoms with E-state index in [1.165, 1.54) is 10.4 Å². The predicted molar refractivity (Wildman–Crippen MR) is 74.2 cm³/mol. The van der Waals surface area contributed by atoms with Gasteiger partial charge in [-0.25, -0.2) is 0 Å². The molecule has 0 unspecified atom stereocenters. The first-order valence-corrected chi connectivity index (χ1v) is 7.54. The van der Waals surface area contributed by atoms with E-state index in [-0.39, 0.29) is 6.10 Å². The highest BCUT2D eigenvalue weighted by Gasteiger charge is 2.23. The fraction of sp³-hybridized carbons (Fsp3) is 0.500. The zero-order chi connectivity index (χ0) is 13.1. The largest absolute Gasteiger partial charge is 0.370 e. The Hall–Kier alpha value is -1.17. The van der Waals surface area contributed by atoms with Crippen LogP contribution < -0.4 is 0 Å². The minimum absolute atomic E-state index is 0.207. The summed E-state index contributed by atoms with van der Waals surface area (Å²) in [5.74, 6) is 0. The molecule has 0 spiro atoms. The molecule has 1 fully saturated rings. The first kappa shape index (κ1) is 12.8. The zero-order valence-corrected chi connectivity index (χ0v) is 11.9. The van der Waals surface area contributed by atoms with Gasteiger partial charge in [0.1, 0.15) is 12.4 Å². The van der Waals surface area contributed by atoms with E-state index in [4.69, 9.17) is 9.26 Å². The quantitative estimate of drug-likeness (QED) is 0.862. The molecule has 0 amide bonds. The maximum Gasteiger partial charge on any atom is 0.128 e. The van der Waals surface area contributed by atoms with Crippen LogP contribution in [-0.4, -0.2) is 29.8 Å². The van der Waals surface area contributed by atoms with Crippen molar-refractivity contribution in [2.45, 2.75) is 26.0 Å². The van der Waals surface area contributed by atoms with Crippen LogP contribution in [0.15, 0.2) is 28.3 Å². The molecule has 1 atom stereocenters. The monoisotopic (exact) mass is 278 g/mol. The molecule has 19 heavy (non-hydrogen) atoms. The molecule has 0 N–H and O–H groups in total. The summed E-state index contributed by atoms with van der Waals surface area (Å²) in [6.45, 7) is 5.70. The lowest BCUT2D eigenvalue weighted by Crippen LogP contribution is -2.37. The minimum Gasteiger partial charge on any atom is -0.370 e. The van der Waals surface area contributed by atoms with Gasteiger partial charge >= 0.3 is 0 Å². The van der Waals surface area contributed by atoms with Gasteiger partial charge in [-0.1, -0.05) is 18.1 Å². The number of hydrogen-bond donors (Lipinski definition) is 0. The van der Waals surface area contributed by atoms with E-state index >= 15 is 0 Å². The van der Waals surface area contributed by atoms with Crippen LogP contribution in [0.2, 0.25) is 0 Å². The molecule has 4 nitrogen and oxygen atoms in total. The number of aryl methyl sites for hydroxylation is 1. The van der Waals surface area contributed by atoms with Gasteiger partial charge < -0.3 is 9.26 Å². The molecule has 0 aromatic carbocycles. The molecule has 0 bridgehead atoms. The second-order valence-corrected chi connectivity index (χ2v) is 5.73. The summed E-state index contributed by atoms with van der Waals surface area (Å²) in [6, 6.07) is 4.23. The maximum atomic E-state index is 5.86. The number of thiophene rings is 1. The van der Waals surface area contributed by atoms with E-state index in [2.05, 4.69) is 34.5 Å². The number of nitrogens with zero attached hydrogens (tertiary/aromatic N) is 2. The number of morpholine rings is 1. The Morgan fingerprint density at radius 2 is 2.47 bits per heavy atom. The van der Waals surface area contributed by atoms with Crippen LogP contribution in [-0.2, 0) is 17.7 Å². The molecule has 102 valence electrons. The molecule has 3 rings (SSSR count). The van der Waals surface area contributed by atoms with Gasteiger partial charge in [0.25, 0.3) is 0 Å². The summed E-state index contributed by atoms with van der Waals surface area (Å²) >= 11 is 1.76. The van der Waals surface area contributed by atoms with Crippen molar-refractivity contribution >= 4 is 11.3 Å². The number of rotatable bonds is 4. The van der Waals surface area contributed by atoms with E-state index in [0.29, 0.717) is 0 Å². The molecule has 0 aliphatic carbocycles. The highest BCUT2D eigenvalue weighted by molar-refractivity contribution is 7.10. The Balaban J connectivity index is 1.65. The summed E-state index contributed by atoms with van der Waals surface area (Å²) in [4.78, 5) is 3.73. The van der Waals surface area contributed by atoms with E-state index in [1.54, 1.807) is 17.6 Å². The van der Waals surface area contributed by atoms with Gasteiger partial charge in [0.2, 0.25) is 0 Å². The maximum absolute atomic E-state index is 5.86. The van der Waals surface area contributed by atoms with Gasteiger partial charge in [0, 0.05) is 30.1 Å². The highest BCUT2D eigenvalue weighted by Crippen LogP contribution is 2.27. The van der Waals surface area contributed by atoms with Crippen LogP contribution in [0, 0.1) is 0 Å². The van der Waals surface area contributed by atoms with E-state index in [9.17, 15) is 0 Å². The molecule has 0 saturated carbocycles. The van der Waals surface area contributed by atoms with Crippen LogP contribution in [0.4, 0.5) is 0 Å². The summed E-state index contributed by atoms with van der Waals surface area (Å²) in [5, 5.41) is 6.14. The molecule has 3 heterocycles. The molecule has 2 aromatic rings. The van der Waals surface area contributed by atoms with Crippen molar-refractivity contribution in [3.63, 3.8) is 0 Å². The van der Waals surface area contributed by atoms with Gasteiger partial charge in [-0.3, -0.25) is 4.90 Å². The molecule has 5 heteroatoms. The molecule has 2 aromatic heterocycles. The van der Waals surface area contributed by atoms with Gasteiger partial charge in [0.15, 0.2) is 0 Å². The van der Waals surface area contributed by atoms with Crippen LogP contribution in [0.5, 0.6) is 0 Å². The Morgan fingerprint density at radius 3 is 3.26 bits per heavy atom. The summed E-state index contributed by atoms with van der Waals surface area (Å²) in [6.07, 6.45) is 2.90. The Morgan fingerprint density at radius 1 is 1.53 bits per heavy atom. The number of hydrogen-bond acceptors (Lipinski definition) is 5. The van der Waals surface area contributed by atoms with E-state index < -0.39 is 0 Å². The average molecular weight is 278 g/mol. The SMILES string of the molecule is CCc1nocc1CN1CCO[C@H](c2cccs2)C1. The molecule has 1 saturated heterocycles. The first-order valence-electron chi connectivity index (χ1n) is 6.66. The molecule has 1 aliphatic heterocycles. The topological polar surface area (TPSA) is 38.5 Å². The van der Waals surface area contributed by atoms with Gasteiger partial charge in [0.05, 0.1) is 12.3 Å². The number of ether oxygens (including phenoxy) is 1. The molecule has 0 radical (unpaired) electrons. The Bertz CT molecular complexity index is 509. The second kappa shape index (κ2) is 5.86. The summed E-state index contributed by atoms with van der Waals surface area (Å²) < 4.78 is 10.9. The lowest BCUT2D eigenvalue weighted by molar-refractivity contribution is -0.0312. The van der Waals surface area contributed by atoms with Crippen LogP contribution in [0.25, 0.3) is 0 Å². The van der Waals surface area contributed by atoms with E-state index in [1.807, 2.05) is 0 Å². The van der Waals surface area contributed by atoms with Crippen LogP contribution in [0.1, 0.15) is 29.2 Å². The van der Waals surface area contributed by atoms with Crippen molar-refractivity contribution in [3.8, 4) is 0 Å². The summed E-state index contributed by atoms with van der Waals surface area (Å²) in [5.41, 5.74) is 2.27. The first-order chi connectivity index (χ1) is 9.36. The normalized spacial score (nSPS) is 20.8. The Labute approximate surface area is 117 Å². The van der Waals surface area contributed by atoms with Crippen LogP contribution >= 0.6 is 11.3 Å². The van der Waals surface area contributed by atoms with Crippen molar-refractivity contribution in [1.29, 1.82) is 0 Å². The molecular formula is C14H18N2O2S. The van der Waals surface area contributed by atoms with Crippen LogP contribution in [0.3, 0.4) is 0 Å². The van der Waals surface area contributed by atoms with Gasteiger partial charge in [-0.2, -0.15) is 0 Å². The molecule has 1 aliphatic rings. The number of aromatic nitrogens is 1. The smallest absolute Gasteiger partial charge is 0.128 e. The minimum atomic E-state index is 0.207. The lowest BCUT2D eigenvalue weighted by atomic mass is 10.1. The van der Waals surface area contributed by atoms with Gasteiger partial charge in [-0.05, 0) is 17.9 Å². The highest BCUT2D eigenvalue weighted by atomic mass is 32.1.